The highest BCUT2D eigenvalue weighted by Crippen LogP contribution is 2.33. The highest BCUT2D eigenvalue weighted by Gasteiger charge is 2.30. The Hall–Kier alpha value is -3.58. The van der Waals surface area contributed by atoms with Crippen molar-refractivity contribution in [3.05, 3.63) is 88.8 Å². The molecule has 5 rings (SSSR count). The van der Waals surface area contributed by atoms with E-state index >= 15 is 0 Å². The summed E-state index contributed by atoms with van der Waals surface area (Å²) in [7, 11) is 0. The molecule has 3 atom stereocenters. The van der Waals surface area contributed by atoms with E-state index < -0.39 is 5.92 Å². The number of carbonyl (C=O) groups excluding carboxylic acids is 2. The Labute approximate surface area is 217 Å². The largest absolute Gasteiger partial charge is 0.346 e. The summed E-state index contributed by atoms with van der Waals surface area (Å²) in [6.07, 6.45) is 13.0. The monoisotopic (exact) mass is 500 g/mol. The maximum atomic E-state index is 13.2. The number of aliphatic imine (C=N–C) groups is 1. The topological polar surface area (TPSA) is 73.8 Å². The number of nitrogens with one attached hydrogen (secondary N) is 2. The van der Waals surface area contributed by atoms with Crippen LogP contribution in [0.1, 0.15) is 66.1 Å². The zero-order valence-electron chi connectivity index (χ0n) is 21.1. The van der Waals surface area contributed by atoms with E-state index in [0.717, 1.165) is 24.1 Å². The fraction of sp³-hybridized carbons (Fsp3) is 0.367. The molecule has 2 heterocycles. The van der Waals surface area contributed by atoms with Gasteiger partial charge in [-0.15, -0.1) is 0 Å². The molecule has 1 aliphatic carbocycles. The average molecular weight is 501 g/mol. The normalized spacial score (nSPS) is 22.4. The summed E-state index contributed by atoms with van der Waals surface area (Å²) in [6, 6.07) is 11.0. The van der Waals surface area contributed by atoms with Crippen LogP contribution in [0.5, 0.6) is 0 Å². The molecule has 0 saturated carbocycles. The quantitative estimate of drug-likeness (QED) is 0.516. The van der Waals surface area contributed by atoms with Crippen LogP contribution in [-0.4, -0.2) is 48.6 Å². The molecular weight excluding hydrogens is 467 g/mol. The van der Waals surface area contributed by atoms with Crippen molar-refractivity contribution < 1.29 is 14.0 Å². The minimum atomic E-state index is -0.538. The average Bonchev–Trinajstić information content (AvgIpc) is 3.23. The van der Waals surface area contributed by atoms with Gasteiger partial charge in [0.05, 0.1) is 12.1 Å². The van der Waals surface area contributed by atoms with Crippen molar-refractivity contribution in [2.24, 2.45) is 4.99 Å². The highest BCUT2D eigenvalue weighted by molar-refractivity contribution is 6.13. The molecule has 0 aromatic heterocycles. The van der Waals surface area contributed by atoms with E-state index in [1.807, 2.05) is 6.92 Å². The number of nitrogens with zero attached hydrogens (tertiary/aromatic N) is 2. The van der Waals surface area contributed by atoms with Crippen molar-refractivity contribution in [1.29, 1.82) is 0 Å². The van der Waals surface area contributed by atoms with Crippen LogP contribution in [0.3, 0.4) is 0 Å². The minimum Gasteiger partial charge on any atom is -0.346 e. The molecule has 7 heteroatoms. The molecule has 0 spiro atoms. The molecule has 2 aliphatic heterocycles. The van der Waals surface area contributed by atoms with Gasteiger partial charge < -0.3 is 10.6 Å². The number of fused-ring (bicyclic) bond motifs is 1. The fourth-order valence-corrected chi connectivity index (χ4v) is 5.14. The standard InChI is InChI=1S/C30H33FN4O2/c1-20(22-7-10-24(31)11-8-22)33-29(36)23-9-14-28-26(17-23)27(30(37)34-28)18-32-25-12-5-21(6-13-25)19-35-15-3-2-4-16-35/h5-12,14,17-18,20,25,27H,2-4,13,15-16,19H2,1H3,(H,33,36)(H,34,37). The zero-order valence-corrected chi connectivity index (χ0v) is 21.1. The van der Waals surface area contributed by atoms with Crippen molar-refractivity contribution in [3.8, 4) is 0 Å². The molecule has 2 aromatic carbocycles. The summed E-state index contributed by atoms with van der Waals surface area (Å²) in [4.78, 5) is 32.8. The molecule has 192 valence electrons. The summed E-state index contributed by atoms with van der Waals surface area (Å²) in [5, 5.41) is 5.84. The summed E-state index contributed by atoms with van der Waals surface area (Å²) in [5.41, 5.74) is 4.06. The van der Waals surface area contributed by atoms with Gasteiger partial charge in [0.1, 0.15) is 11.7 Å². The van der Waals surface area contributed by atoms with E-state index in [1.54, 1.807) is 36.5 Å². The number of carbonyl (C=O) groups is 2. The van der Waals surface area contributed by atoms with E-state index in [2.05, 4.69) is 33.8 Å². The van der Waals surface area contributed by atoms with E-state index in [9.17, 15) is 14.0 Å². The Balaban J connectivity index is 1.22. The van der Waals surface area contributed by atoms with E-state index in [0.29, 0.717) is 11.3 Å². The Morgan fingerprint density at radius 3 is 2.70 bits per heavy atom. The van der Waals surface area contributed by atoms with Crippen LogP contribution in [0.25, 0.3) is 0 Å². The van der Waals surface area contributed by atoms with Crippen LogP contribution in [0.15, 0.2) is 71.3 Å². The molecule has 2 aromatic rings. The maximum absolute atomic E-state index is 13.2. The summed E-state index contributed by atoms with van der Waals surface area (Å²) >= 11 is 0. The molecule has 6 nitrogen and oxygen atoms in total. The lowest BCUT2D eigenvalue weighted by molar-refractivity contribution is -0.115. The van der Waals surface area contributed by atoms with Crippen LogP contribution in [0.2, 0.25) is 0 Å². The summed E-state index contributed by atoms with van der Waals surface area (Å²) < 4.78 is 13.2. The molecular formula is C30H33FN4O2. The number of hydrogen-bond acceptors (Lipinski definition) is 4. The predicted molar refractivity (Wildman–Crippen MR) is 145 cm³/mol. The fourth-order valence-electron chi connectivity index (χ4n) is 5.14. The summed E-state index contributed by atoms with van der Waals surface area (Å²) in [6.45, 7) is 5.20. The molecule has 3 aliphatic rings. The first-order valence-corrected chi connectivity index (χ1v) is 13.1. The van der Waals surface area contributed by atoms with E-state index in [4.69, 9.17) is 4.99 Å². The lowest BCUT2D eigenvalue weighted by atomic mass is 9.98. The predicted octanol–water partition coefficient (Wildman–Crippen LogP) is 5.16. The maximum Gasteiger partial charge on any atom is 0.251 e. The molecule has 1 saturated heterocycles. The van der Waals surface area contributed by atoms with Crippen LogP contribution < -0.4 is 10.6 Å². The van der Waals surface area contributed by atoms with Gasteiger partial charge >= 0.3 is 0 Å². The van der Waals surface area contributed by atoms with E-state index in [1.165, 1.54) is 50.1 Å². The number of hydrogen-bond donors (Lipinski definition) is 2. The van der Waals surface area contributed by atoms with Gasteiger partial charge in [-0.05, 0) is 86.3 Å². The third-order valence-corrected chi connectivity index (χ3v) is 7.34. The SMILES string of the molecule is CC(NC(=O)c1ccc2c(c1)C(C=NC1C=CC(CN3CCCCC3)=CC1)C(=O)N2)c1ccc(F)cc1. The third-order valence-electron chi connectivity index (χ3n) is 7.34. The van der Waals surface area contributed by atoms with Gasteiger partial charge in [-0.3, -0.25) is 19.5 Å². The number of benzene rings is 2. The van der Waals surface area contributed by atoms with Crippen LogP contribution in [0, 0.1) is 5.82 Å². The first kappa shape index (κ1) is 25.1. The number of likely N-dealkylation sites (tertiary alicyclic amines) is 1. The minimum absolute atomic E-state index is 0.00463. The Kier molecular flexibility index (Phi) is 7.60. The Bertz CT molecular complexity index is 1240. The van der Waals surface area contributed by atoms with Crippen molar-refractivity contribution in [1.82, 2.24) is 10.2 Å². The smallest absolute Gasteiger partial charge is 0.251 e. The van der Waals surface area contributed by atoms with Gasteiger partial charge in [0, 0.05) is 24.0 Å². The van der Waals surface area contributed by atoms with Crippen LogP contribution in [-0.2, 0) is 4.79 Å². The van der Waals surface area contributed by atoms with Crippen molar-refractivity contribution in [2.45, 2.75) is 50.6 Å². The van der Waals surface area contributed by atoms with Crippen molar-refractivity contribution in [3.63, 3.8) is 0 Å². The third kappa shape index (κ3) is 6.05. The number of piperidine rings is 1. The number of amides is 2. The number of anilines is 1. The van der Waals surface area contributed by atoms with Gasteiger partial charge in [-0.25, -0.2) is 4.39 Å². The molecule has 1 fully saturated rings. The van der Waals surface area contributed by atoms with Gasteiger partial charge in [-0.1, -0.05) is 36.8 Å². The summed E-state index contributed by atoms with van der Waals surface area (Å²) in [5.74, 6) is -1.25. The lowest BCUT2D eigenvalue weighted by Gasteiger charge is -2.27. The van der Waals surface area contributed by atoms with E-state index in [-0.39, 0.29) is 29.7 Å². The number of halogens is 1. The van der Waals surface area contributed by atoms with Gasteiger partial charge in [0.25, 0.3) is 5.91 Å². The number of rotatable bonds is 7. The highest BCUT2D eigenvalue weighted by atomic mass is 19.1. The zero-order chi connectivity index (χ0) is 25.8. The van der Waals surface area contributed by atoms with Crippen molar-refractivity contribution in [2.75, 3.05) is 25.0 Å². The molecule has 0 bridgehead atoms. The van der Waals surface area contributed by atoms with Crippen LogP contribution >= 0.6 is 0 Å². The first-order valence-electron chi connectivity index (χ1n) is 13.1. The second-order valence-electron chi connectivity index (χ2n) is 10.1. The van der Waals surface area contributed by atoms with Gasteiger partial charge in [0.2, 0.25) is 5.91 Å². The molecule has 3 unspecified atom stereocenters. The van der Waals surface area contributed by atoms with Crippen molar-refractivity contribution >= 4 is 23.7 Å². The molecule has 37 heavy (non-hydrogen) atoms. The second-order valence-corrected chi connectivity index (χ2v) is 10.1. The van der Waals surface area contributed by atoms with Gasteiger partial charge in [0.15, 0.2) is 0 Å². The van der Waals surface area contributed by atoms with Crippen LogP contribution in [0.4, 0.5) is 10.1 Å². The van der Waals surface area contributed by atoms with Gasteiger partial charge in [-0.2, -0.15) is 0 Å². The second kappa shape index (κ2) is 11.2. The Morgan fingerprint density at radius 1 is 1.19 bits per heavy atom. The molecule has 2 N–H and O–H groups in total. The lowest BCUT2D eigenvalue weighted by Crippen LogP contribution is -2.31. The molecule has 2 amide bonds. The molecule has 0 radical (unpaired) electrons. The first-order chi connectivity index (χ1) is 18.0. The Morgan fingerprint density at radius 2 is 1.97 bits per heavy atom.